The molecule has 2 aromatic carbocycles. The summed E-state index contributed by atoms with van der Waals surface area (Å²) >= 11 is 5.77. The molecule has 0 saturated carbocycles. The maximum Gasteiger partial charge on any atom is 0.271 e. The van der Waals surface area contributed by atoms with Gasteiger partial charge in [0.1, 0.15) is 0 Å². The third-order valence-corrected chi connectivity index (χ3v) is 3.25. The van der Waals surface area contributed by atoms with E-state index >= 15 is 0 Å². The number of carbonyl (C=O) groups excluding carboxylic acids is 1. The first-order chi connectivity index (χ1) is 10.5. The van der Waals surface area contributed by atoms with Gasteiger partial charge in [-0.25, -0.2) is 0 Å². The van der Waals surface area contributed by atoms with Crippen LogP contribution >= 0.6 is 11.6 Å². The Hall–Kier alpha value is -2.60. The molecule has 0 heterocycles. The van der Waals surface area contributed by atoms with Crippen LogP contribution in [-0.4, -0.2) is 17.4 Å². The van der Waals surface area contributed by atoms with Gasteiger partial charge < -0.3 is 10.6 Å². The first kappa shape index (κ1) is 15.8. The van der Waals surface area contributed by atoms with Crippen molar-refractivity contribution in [2.45, 2.75) is 6.92 Å². The van der Waals surface area contributed by atoms with Crippen molar-refractivity contribution in [2.75, 3.05) is 17.2 Å². The van der Waals surface area contributed by atoms with Crippen molar-refractivity contribution in [3.8, 4) is 0 Å². The van der Waals surface area contributed by atoms with Crippen molar-refractivity contribution in [3.63, 3.8) is 0 Å². The zero-order valence-corrected chi connectivity index (χ0v) is 12.6. The number of amides is 1. The third-order valence-electron chi connectivity index (χ3n) is 3.00. The first-order valence-corrected chi connectivity index (χ1v) is 6.88. The second kappa shape index (κ2) is 6.91. The molecule has 2 rings (SSSR count). The fourth-order valence-electron chi connectivity index (χ4n) is 1.83. The average Bonchev–Trinajstić information content (AvgIpc) is 2.48. The Morgan fingerprint density at radius 3 is 2.55 bits per heavy atom. The van der Waals surface area contributed by atoms with Gasteiger partial charge >= 0.3 is 0 Å². The normalized spacial score (nSPS) is 10.1. The Bertz CT molecular complexity index is 702. The molecule has 6 nitrogen and oxygen atoms in total. The Morgan fingerprint density at radius 1 is 1.23 bits per heavy atom. The van der Waals surface area contributed by atoms with E-state index in [0.717, 1.165) is 5.56 Å². The molecule has 0 atom stereocenters. The van der Waals surface area contributed by atoms with Crippen molar-refractivity contribution in [1.82, 2.24) is 0 Å². The lowest BCUT2D eigenvalue weighted by Gasteiger charge is -2.10. The molecule has 0 aliphatic carbocycles. The number of nitro groups is 1. The number of anilines is 2. The number of hydrogen-bond acceptors (Lipinski definition) is 4. The monoisotopic (exact) mass is 319 g/mol. The molecule has 2 aromatic rings. The van der Waals surface area contributed by atoms with Crippen LogP contribution in [0.3, 0.4) is 0 Å². The number of nitrogens with zero attached hydrogens (tertiary/aromatic N) is 1. The van der Waals surface area contributed by atoms with E-state index in [4.69, 9.17) is 11.6 Å². The zero-order chi connectivity index (χ0) is 16.1. The molecular formula is C15H14ClN3O3. The summed E-state index contributed by atoms with van der Waals surface area (Å²) in [6.45, 7) is 1.81. The molecule has 2 N–H and O–H groups in total. The van der Waals surface area contributed by atoms with Gasteiger partial charge in [-0.05, 0) is 36.8 Å². The van der Waals surface area contributed by atoms with Crippen LogP contribution in [0, 0.1) is 17.0 Å². The summed E-state index contributed by atoms with van der Waals surface area (Å²) in [6.07, 6.45) is 0. The highest BCUT2D eigenvalue weighted by molar-refractivity contribution is 6.30. The van der Waals surface area contributed by atoms with Gasteiger partial charge in [0, 0.05) is 28.5 Å². The number of benzene rings is 2. The molecule has 1 amide bonds. The minimum Gasteiger partial charge on any atom is -0.376 e. The number of nitrogens with one attached hydrogen (secondary N) is 2. The SMILES string of the molecule is Cc1ccc([N+](=O)[O-])cc1NCC(=O)Nc1ccc(Cl)cc1. The van der Waals surface area contributed by atoms with E-state index in [1.54, 1.807) is 30.3 Å². The number of carbonyl (C=O) groups is 1. The van der Waals surface area contributed by atoms with Gasteiger partial charge in [0.2, 0.25) is 5.91 Å². The molecule has 0 unspecified atom stereocenters. The highest BCUT2D eigenvalue weighted by Crippen LogP contribution is 2.21. The molecule has 0 bridgehead atoms. The Balaban J connectivity index is 1.97. The topological polar surface area (TPSA) is 84.3 Å². The Kier molecular flexibility index (Phi) is 4.95. The zero-order valence-electron chi connectivity index (χ0n) is 11.8. The lowest BCUT2D eigenvalue weighted by molar-refractivity contribution is -0.384. The average molecular weight is 320 g/mol. The molecule has 0 aliphatic heterocycles. The summed E-state index contributed by atoms with van der Waals surface area (Å²) in [5.41, 5.74) is 1.99. The quantitative estimate of drug-likeness (QED) is 0.651. The van der Waals surface area contributed by atoms with Crippen molar-refractivity contribution in [3.05, 3.63) is 63.2 Å². The van der Waals surface area contributed by atoms with E-state index in [0.29, 0.717) is 16.4 Å². The van der Waals surface area contributed by atoms with E-state index in [1.807, 2.05) is 6.92 Å². The van der Waals surface area contributed by atoms with E-state index < -0.39 is 4.92 Å². The molecule has 114 valence electrons. The maximum atomic E-state index is 11.9. The second-order valence-electron chi connectivity index (χ2n) is 4.66. The molecule has 0 saturated heterocycles. The molecule has 0 spiro atoms. The van der Waals surface area contributed by atoms with E-state index in [-0.39, 0.29) is 18.1 Å². The highest BCUT2D eigenvalue weighted by atomic mass is 35.5. The largest absolute Gasteiger partial charge is 0.376 e. The first-order valence-electron chi connectivity index (χ1n) is 6.50. The number of halogens is 1. The minimum absolute atomic E-state index is 0.00460. The summed E-state index contributed by atoms with van der Waals surface area (Å²) in [5, 5.41) is 16.9. The standard InChI is InChI=1S/C15H14ClN3O3/c1-10-2-7-13(19(21)22)8-14(10)17-9-15(20)18-12-5-3-11(16)4-6-12/h2-8,17H,9H2,1H3,(H,18,20). The van der Waals surface area contributed by atoms with Crippen LogP contribution in [0.15, 0.2) is 42.5 Å². The molecule has 0 fully saturated rings. The lowest BCUT2D eigenvalue weighted by Crippen LogP contribution is -2.22. The number of non-ortho nitro benzene ring substituents is 1. The van der Waals surface area contributed by atoms with Crippen molar-refractivity contribution < 1.29 is 9.72 Å². The molecule has 0 aliphatic rings. The van der Waals surface area contributed by atoms with Gasteiger partial charge in [-0.3, -0.25) is 14.9 Å². The Labute approximate surface area is 132 Å². The Morgan fingerprint density at radius 2 is 1.91 bits per heavy atom. The van der Waals surface area contributed by atoms with Crippen LogP contribution < -0.4 is 10.6 Å². The van der Waals surface area contributed by atoms with Crippen molar-refractivity contribution >= 4 is 34.6 Å². The number of rotatable bonds is 5. The van der Waals surface area contributed by atoms with Gasteiger partial charge in [-0.2, -0.15) is 0 Å². The van der Waals surface area contributed by atoms with Crippen LogP contribution in [0.4, 0.5) is 17.1 Å². The fourth-order valence-corrected chi connectivity index (χ4v) is 1.95. The lowest BCUT2D eigenvalue weighted by atomic mass is 10.2. The predicted octanol–water partition coefficient (Wildman–Crippen LogP) is 3.61. The summed E-state index contributed by atoms with van der Waals surface area (Å²) in [6, 6.07) is 11.2. The fraction of sp³-hybridized carbons (Fsp3) is 0.133. The number of hydrogen-bond donors (Lipinski definition) is 2. The van der Waals surface area contributed by atoms with E-state index in [9.17, 15) is 14.9 Å². The highest BCUT2D eigenvalue weighted by Gasteiger charge is 2.09. The van der Waals surface area contributed by atoms with Crippen LogP contribution in [0.1, 0.15) is 5.56 Å². The van der Waals surface area contributed by atoms with Crippen LogP contribution in [0.2, 0.25) is 5.02 Å². The molecule has 0 aromatic heterocycles. The van der Waals surface area contributed by atoms with Gasteiger partial charge in [-0.1, -0.05) is 17.7 Å². The smallest absolute Gasteiger partial charge is 0.271 e. The maximum absolute atomic E-state index is 11.9. The summed E-state index contributed by atoms with van der Waals surface area (Å²) in [4.78, 5) is 22.1. The van der Waals surface area contributed by atoms with Crippen molar-refractivity contribution in [2.24, 2.45) is 0 Å². The summed E-state index contributed by atoms with van der Waals surface area (Å²) in [7, 11) is 0. The molecule has 22 heavy (non-hydrogen) atoms. The third kappa shape index (κ3) is 4.20. The second-order valence-corrected chi connectivity index (χ2v) is 5.10. The molecule has 0 radical (unpaired) electrons. The summed E-state index contributed by atoms with van der Waals surface area (Å²) in [5.74, 6) is -0.256. The van der Waals surface area contributed by atoms with Gasteiger partial charge in [-0.15, -0.1) is 0 Å². The summed E-state index contributed by atoms with van der Waals surface area (Å²) < 4.78 is 0. The van der Waals surface area contributed by atoms with Gasteiger partial charge in [0.25, 0.3) is 5.69 Å². The van der Waals surface area contributed by atoms with Gasteiger partial charge in [0.05, 0.1) is 11.5 Å². The number of nitro benzene ring substituents is 1. The minimum atomic E-state index is -0.474. The number of aryl methyl sites for hydroxylation is 1. The van der Waals surface area contributed by atoms with Gasteiger partial charge in [0.15, 0.2) is 0 Å². The molecule has 7 heteroatoms. The van der Waals surface area contributed by atoms with Crippen LogP contribution in [0.5, 0.6) is 0 Å². The van der Waals surface area contributed by atoms with Crippen molar-refractivity contribution in [1.29, 1.82) is 0 Å². The van der Waals surface area contributed by atoms with E-state index in [1.165, 1.54) is 12.1 Å². The van der Waals surface area contributed by atoms with Crippen LogP contribution in [-0.2, 0) is 4.79 Å². The van der Waals surface area contributed by atoms with E-state index in [2.05, 4.69) is 10.6 Å². The molecular weight excluding hydrogens is 306 g/mol. The predicted molar refractivity (Wildman–Crippen MR) is 86.4 cm³/mol. The van der Waals surface area contributed by atoms with Crippen LogP contribution in [0.25, 0.3) is 0 Å².